The molecule has 0 unspecified atom stereocenters. The number of amides is 1. The molecular formula is C20H26N4O3. The minimum Gasteiger partial charge on any atom is -0.385 e. The Balaban J connectivity index is 2.14. The van der Waals surface area contributed by atoms with Crippen molar-refractivity contribution in [2.75, 3.05) is 27.3 Å². The van der Waals surface area contributed by atoms with Crippen LogP contribution in [-0.4, -0.2) is 52.1 Å². The maximum Gasteiger partial charge on any atom is 0.270 e. The average Bonchev–Trinajstić information content (AvgIpc) is 3.04. The summed E-state index contributed by atoms with van der Waals surface area (Å²) in [5.41, 5.74) is 1.46. The van der Waals surface area contributed by atoms with Gasteiger partial charge in [-0.1, -0.05) is 19.4 Å². The standard InChI is InChI=1S/C20H26N4O3/c1-4-5-10-22(2)20(26)16-14-15-18(23(16)12-8-13-27-3)21-17-9-6-7-11-24(17)19(15)25/h6-7,9,11,14H,4-5,8,10,12-13H2,1-3H3. The van der Waals surface area contributed by atoms with Crippen LogP contribution < -0.4 is 5.56 Å². The third-order valence-electron chi connectivity index (χ3n) is 4.72. The molecule has 3 aromatic heterocycles. The SMILES string of the molecule is CCCCN(C)C(=O)c1cc2c(=O)n3ccccc3nc2n1CCCOC. The fourth-order valence-corrected chi connectivity index (χ4v) is 3.21. The van der Waals surface area contributed by atoms with E-state index in [0.29, 0.717) is 42.1 Å². The Bertz CT molecular complexity index is 1010. The van der Waals surface area contributed by atoms with Crippen molar-refractivity contribution in [1.82, 2.24) is 18.9 Å². The van der Waals surface area contributed by atoms with Gasteiger partial charge in [-0.3, -0.25) is 14.0 Å². The minimum atomic E-state index is -0.161. The van der Waals surface area contributed by atoms with Crippen molar-refractivity contribution in [3.05, 3.63) is 46.5 Å². The molecule has 0 aliphatic rings. The van der Waals surface area contributed by atoms with E-state index in [4.69, 9.17) is 4.74 Å². The number of pyridine rings is 1. The minimum absolute atomic E-state index is 0.0904. The topological polar surface area (TPSA) is 68.8 Å². The largest absolute Gasteiger partial charge is 0.385 e. The second-order valence-electron chi connectivity index (χ2n) is 6.69. The van der Waals surface area contributed by atoms with Gasteiger partial charge in [0.1, 0.15) is 17.0 Å². The van der Waals surface area contributed by atoms with E-state index < -0.39 is 0 Å². The predicted molar refractivity (Wildman–Crippen MR) is 105 cm³/mol. The second kappa shape index (κ2) is 8.35. The van der Waals surface area contributed by atoms with Gasteiger partial charge in [0.2, 0.25) is 0 Å². The van der Waals surface area contributed by atoms with Gasteiger partial charge >= 0.3 is 0 Å². The van der Waals surface area contributed by atoms with Gasteiger partial charge in [0.05, 0.1) is 5.39 Å². The van der Waals surface area contributed by atoms with Gasteiger partial charge in [-0.25, -0.2) is 4.98 Å². The van der Waals surface area contributed by atoms with Gasteiger partial charge in [-0.2, -0.15) is 0 Å². The molecule has 0 aliphatic carbocycles. The summed E-state index contributed by atoms with van der Waals surface area (Å²) in [6.07, 6.45) is 4.38. The molecule has 0 fully saturated rings. The molecule has 0 aromatic carbocycles. The van der Waals surface area contributed by atoms with Crippen LogP contribution in [-0.2, 0) is 11.3 Å². The number of carbonyl (C=O) groups is 1. The number of rotatable bonds is 8. The quantitative estimate of drug-likeness (QED) is 0.572. The summed E-state index contributed by atoms with van der Waals surface area (Å²) in [5, 5.41) is 0.461. The smallest absolute Gasteiger partial charge is 0.270 e. The molecule has 0 aliphatic heterocycles. The van der Waals surface area contributed by atoms with Crippen molar-refractivity contribution in [2.24, 2.45) is 0 Å². The Morgan fingerprint density at radius 1 is 1.30 bits per heavy atom. The number of hydrogen-bond donors (Lipinski definition) is 0. The Hall–Kier alpha value is -2.67. The summed E-state index contributed by atoms with van der Waals surface area (Å²) in [6, 6.07) is 7.11. The molecule has 3 heterocycles. The fourth-order valence-electron chi connectivity index (χ4n) is 3.21. The molecule has 7 nitrogen and oxygen atoms in total. The van der Waals surface area contributed by atoms with E-state index >= 15 is 0 Å². The highest BCUT2D eigenvalue weighted by Gasteiger charge is 2.21. The van der Waals surface area contributed by atoms with Crippen molar-refractivity contribution in [3.8, 4) is 0 Å². The molecule has 7 heteroatoms. The number of hydrogen-bond acceptors (Lipinski definition) is 4. The molecule has 0 bridgehead atoms. The van der Waals surface area contributed by atoms with E-state index in [1.54, 1.807) is 43.5 Å². The average molecular weight is 370 g/mol. The molecule has 0 saturated heterocycles. The third kappa shape index (κ3) is 3.73. The van der Waals surface area contributed by atoms with Gasteiger partial charge in [0.15, 0.2) is 0 Å². The monoisotopic (exact) mass is 370 g/mol. The molecule has 0 saturated carbocycles. The molecule has 0 atom stereocenters. The first-order valence-electron chi connectivity index (χ1n) is 9.33. The number of nitrogens with zero attached hydrogens (tertiary/aromatic N) is 4. The third-order valence-corrected chi connectivity index (χ3v) is 4.72. The van der Waals surface area contributed by atoms with Gasteiger partial charge in [0, 0.05) is 40.1 Å². The number of aryl methyl sites for hydroxylation is 1. The van der Waals surface area contributed by atoms with E-state index in [1.807, 2.05) is 10.6 Å². The van der Waals surface area contributed by atoms with Crippen LogP contribution in [0.15, 0.2) is 35.3 Å². The number of ether oxygens (including phenoxy) is 1. The lowest BCUT2D eigenvalue weighted by molar-refractivity contribution is 0.0782. The zero-order valence-electron chi connectivity index (χ0n) is 16.1. The van der Waals surface area contributed by atoms with Crippen LogP contribution in [0.1, 0.15) is 36.7 Å². The molecule has 27 heavy (non-hydrogen) atoms. The van der Waals surface area contributed by atoms with Crippen LogP contribution in [0.2, 0.25) is 0 Å². The van der Waals surface area contributed by atoms with Crippen molar-refractivity contribution >= 4 is 22.6 Å². The molecular weight excluding hydrogens is 344 g/mol. The van der Waals surface area contributed by atoms with E-state index in [9.17, 15) is 9.59 Å². The van der Waals surface area contributed by atoms with Gasteiger partial charge in [0.25, 0.3) is 11.5 Å². The normalized spacial score (nSPS) is 11.4. The second-order valence-corrected chi connectivity index (χ2v) is 6.69. The fraction of sp³-hybridized carbons (Fsp3) is 0.450. The number of methoxy groups -OCH3 is 1. The van der Waals surface area contributed by atoms with E-state index in [1.165, 1.54) is 4.40 Å². The Kier molecular flexibility index (Phi) is 5.91. The van der Waals surface area contributed by atoms with Crippen LogP contribution in [0.25, 0.3) is 16.7 Å². The molecule has 1 amide bonds. The number of aromatic nitrogens is 3. The van der Waals surface area contributed by atoms with Gasteiger partial charge < -0.3 is 14.2 Å². The molecule has 0 radical (unpaired) electrons. The Morgan fingerprint density at radius 3 is 2.85 bits per heavy atom. The Morgan fingerprint density at radius 2 is 2.11 bits per heavy atom. The van der Waals surface area contributed by atoms with Crippen LogP contribution in [0.3, 0.4) is 0 Å². The lowest BCUT2D eigenvalue weighted by Gasteiger charge is -2.18. The molecule has 0 N–H and O–H groups in total. The molecule has 3 aromatic rings. The lowest BCUT2D eigenvalue weighted by Crippen LogP contribution is -2.29. The predicted octanol–water partition coefficient (Wildman–Crippen LogP) is 2.56. The summed E-state index contributed by atoms with van der Waals surface area (Å²) in [6.45, 7) is 3.92. The number of carbonyl (C=O) groups excluding carboxylic acids is 1. The maximum atomic E-state index is 13.0. The summed E-state index contributed by atoms with van der Waals surface area (Å²) in [7, 11) is 3.45. The first kappa shape index (κ1) is 19.1. The first-order chi connectivity index (χ1) is 13.1. The lowest BCUT2D eigenvalue weighted by atomic mass is 10.3. The van der Waals surface area contributed by atoms with Crippen molar-refractivity contribution in [1.29, 1.82) is 0 Å². The van der Waals surface area contributed by atoms with Crippen LogP contribution >= 0.6 is 0 Å². The summed E-state index contributed by atoms with van der Waals surface area (Å²) < 4.78 is 8.52. The van der Waals surface area contributed by atoms with E-state index in [-0.39, 0.29) is 11.5 Å². The van der Waals surface area contributed by atoms with Crippen molar-refractivity contribution < 1.29 is 9.53 Å². The summed E-state index contributed by atoms with van der Waals surface area (Å²) in [4.78, 5) is 32.3. The first-order valence-corrected chi connectivity index (χ1v) is 9.33. The number of fused-ring (bicyclic) bond motifs is 2. The summed E-state index contributed by atoms with van der Waals surface area (Å²) in [5.74, 6) is -0.0904. The van der Waals surface area contributed by atoms with E-state index in [0.717, 1.165) is 19.3 Å². The zero-order chi connectivity index (χ0) is 19.4. The van der Waals surface area contributed by atoms with Crippen LogP contribution in [0, 0.1) is 0 Å². The molecule has 0 spiro atoms. The maximum absolute atomic E-state index is 13.0. The Labute approximate surface area is 158 Å². The highest BCUT2D eigenvalue weighted by Crippen LogP contribution is 2.19. The van der Waals surface area contributed by atoms with Crippen molar-refractivity contribution in [2.45, 2.75) is 32.7 Å². The van der Waals surface area contributed by atoms with Crippen LogP contribution in [0.5, 0.6) is 0 Å². The highest BCUT2D eigenvalue weighted by molar-refractivity contribution is 5.98. The van der Waals surface area contributed by atoms with E-state index in [2.05, 4.69) is 11.9 Å². The molecule has 144 valence electrons. The number of unbranched alkanes of at least 4 members (excludes halogenated alkanes) is 1. The van der Waals surface area contributed by atoms with Gasteiger partial charge in [-0.15, -0.1) is 0 Å². The molecule has 3 rings (SSSR count). The zero-order valence-corrected chi connectivity index (χ0v) is 16.1. The summed E-state index contributed by atoms with van der Waals surface area (Å²) >= 11 is 0. The van der Waals surface area contributed by atoms with Crippen molar-refractivity contribution in [3.63, 3.8) is 0 Å². The highest BCUT2D eigenvalue weighted by atomic mass is 16.5. The van der Waals surface area contributed by atoms with Gasteiger partial charge in [-0.05, 0) is 31.0 Å². The van der Waals surface area contributed by atoms with Crippen LogP contribution in [0.4, 0.5) is 0 Å².